The van der Waals surface area contributed by atoms with Crippen molar-refractivity contribution in [2.75, 3.05) is 34.2 Å². The SMILES string of the molecule is Cc1c(-c2ccnn2-c2ccc(C#N)cc2)n(C(=O)NCCC[N+](C)(C)C)c(=O)n1-c1cccc(C(F)(F)F)c1. The first-order valence-corrected chi connectivity index (χ1v) is 12.5. The van der Waals surface area contributed by atoms with Crippen LogP contribution in [0, 0.1) is 18.3 Å². The molecule has 4 rings (SSSR count). The Morgan fingerprint density at radius 3 is 2.40 bits per heavy atom. The number of hydrogen-bond donors (Lipinski definition) is 1. The van der Waals surface area contributed by atoms with Crippen LogP contribution in [0.15, 0.2) is 65.6 Å². The van der Waals surface area contributed by atoms with Crippen molar-refractivity contribution in [1.29, 1.82) is 5.26 Å². The van der Waals surface area contributed by atoms with E-state index < -0.39 is 23.5 Å². The number of alkyl halides is 3. The zero-order valence-corrected chi connectivity index (χ0v) is 22.5. The Labute approximate surface area is 228 Å². The van der Waals surface area contributed by atoms with Gasteiger partial charge in [-0.25, -0.2) is 18.8 Å². The van der Waals surface area contributed by atoms with Crippen LogP contribution in [0.3, 0.4) is 0 Å². The Morgan fingerprint density at radius 1 is 1.07 bits per heavy atom. The molecule has 0 saturated heterocycles. The third-order valence-electron chi connectivity index (χ3n) is 6.33. The van der Waals surface area contributed by atoms with Crippen molar-refractivity contribution in [3.8, 4) is 28.8 Å². The summed E-state index contributed by atoms with van der Waals surface area (Å²) in [4.78, 5) is 27.2. The first-order chi connectivity index (χ1) is 18.8. The smallest absolute Gasteiger partial charge is 0.337 e. The number of aromatic nitrogens is 4. The van der Waals surface area contributed by atoms with Gasteiger partial charge in [0, 0.05) is 13.0 Å². The van der Waals surface area contributed by atoms with Crippen molar-refractivity contribution in [3.05, 3.63) is 88.1 Å². The highest BCUT2D eigenvalue weighted by Crippen LogP contribution is 2.32. The maximum Gasteiger partial charge on any atom is 0.416 e. The number of rotatable bonds is 7. The van der Waals surface area contributed by atoms with Crippen LogP contribution in [0.1, 0.15) is 23.2 Å². The van der Waals surface area contributed by atoms with E-state index in [-0.39, 0.29) is 17.1 Å². The molecule has 4 aromatic rings. The molecule has 0 aliphatic rings. The number of benzene rings is 2. The summed E-state index contributed by atoms with van der Waals surface area (Å²) in [5, 5.41) is 16.3. The van der Waals surface area contributed by atoms with E-state index in [0.29, 0.717) is 34.4 Å². The van der Waals surface area contributed by atoms with E-state index in [1.165, 1.54) is 23.0 Å². The number of nitrogens with zero attached hydrogens (tertiary/aromatic N) is 6. The minimum absolute atomic E-state index is 0.0282. The first kappa shape index (κ1) is 28.4. The average Bonchev–Trinajstić information content (AvgIpc) is 3.47. The fourth-order valence-electron chi connectivity index (χ4n) is 4.41. The van der Waals surface area contributed by atoms with Gasteiger partial charge in [0.1, 0.15) is 5.69 Å². The van der Waals surface area contributed by atoms with E-state index in [9.17, 15) is 22.8 Å². The van der Waals surface area contributed by atoms with Gasteiger partial charge >= 0.3 is 17.9 Å². The van der Waals surface area contributed by atoms with E-state index >= 15 is 0 Å². The molecule has 0 bridgehead atoms. The van der Waals surface area contributed by atoms with Crippen LogP contribution in [0.2, 0.25) is 0 Å². The Balaban J connectivity index is 1.87. The van der Waals surface area contributed by atoms with Crippen molar-refractivity contribution in [3.63, 3.8) is 0 Å². The standard InChI is InChI=1S/C28H28F3N7O2/c1-19-25(24-13-15-34-37(24)22-11-9-20(18-32)10-12-22)36(26(39)33-14-6-16-38(2,3)4)27(40)35(19)23-8-5-7-21(17-23)28(29,30)31/h5,7-13,15,17H,6,14,16H2,1-4H3/p+1. The van der Waals surface area contributed by atoms with E-state index in [0.717, 1.165) is 27.8 Å². The van der Waals surface area contributed by atoms with Crippen molar-refractivity contribution in [1.82, 2.24) is 24.2 Å². The number of nitriles is 1. The molecule has 2 heterocycles. The second kappa shape index (κ2) is 10.9. The van der Waals surface area contributed by atoms with Crippen molar-refractivity contribution >= 4 is 6.03 Å². The van der Waals surface area contributed by atoms with Gasteiger partial charge in [0.15, 0.2) is 0 Å². The van der Waals surface area contributed by atoms with Crippen LogP contribution in [0.25, 0.3) is 22.8 Å². The van der Waals surface area contributed by atoms with Gasteiger partial charge in [0.2, 0.25) is 0 Å². The summed E-state index contributed by atoms with van der Waals surface area (Å²) in [5.74, 6) is 0. The van der Waals surface area contributed by atoms with E-state index in [4.69, 9.17) is 5.26 Å². The molecule has 12 heteroatoms. The molecule has 0 aliphatic carbocycles. The maximum absolute atomic E-state index is 13.7. The third kappa shape index (κ3) is 5.84. The molecule has 1 amide bonds. The van der Waals surface area contributed by atoms with Crippen LogP contribution in [-0.4, -0.2) is 63.7 Å². The number of nitrogens with one attached hydrogen (secondary N) is 1. The second-order valence-corrected chi connectivity index (χ2v) is 10.3. The molecular formula is C28H29F3N7O2+. The molecule has 2 aromatic heterocycles. The topological polar surface area (TPSA) is 97.6 Å². The largest absolute Gasteiger partial charge is 0.416 e. The number of hydrogen-bond acceptors (Lipinski definition) is 4. The summed E-state index contributed by atoms with van der Waals surface area (Å²) in [6.45, 7) is 2.63. The molecule has 0 atom stereocenters. The maximum atomic E-state index is 13.7. The Hall–Kier alpha value is -4.63. The Kier molecular flexibility index (Phi) is 7.70. The molecule has 9 nitrogen and oxygen atoms in total. The number of carbonyl (C=O) groups is 1. The molecule has 0 fully saturated rings. The molecule has 2 aromatic carbocycles. The second-order valence-electron chi connectivity index (χ2n) is 10.3. The van der Waals surface area contributed by atoms with Gasteiger partial charge in [0.25, 0.3) is 0 Å². The van der Waals surface area contributed by atoms with Gasteiger partial charge in [-0.2, -0.15) is 23.5 Å². The summed E-state index contributed by atoms with van der Waals surface area (Å²) in [6, 6.07) is 13.9. The number of quaternary nitrogens is 1. The lowest BCUT2D eigenvalue weighted by Crippen LogP contribution is -2.40. The summed E-state index contributed by atoms with van der Waals surface area (Å²) >= 11 is 0. The average molecular weight is 553 g/mol. The number of halogens is 3. The lowest BCUT2D eigenvalue weighted by Gasteiger charge is -2.23. The molecule has 40 heavy (non-hydrogen) atoms. The molecule has 0 radical (unpaired) electrons. The van der Waals surface area contributed by atoms with Crippen molar-refractivity contribution in [2.24, 2.45) is 0 Å². The van der Waals surface area contributed by atoms with Gasteiger partial charge in [-0.1, -0.05) is 6.07 Å². The number of imidazole rings is 1. The highest BCUT2D eigenvalue weighted by molar-refractivity contribution is 5.83. The van der Waals surface area contributed by atoms with Crippen LogP contribution in [-0.2, 0) is 6.18 Å². The van der Waals surface area contributed by atoms with Gasteiger partial charge in [0.05, 0.1) is 73.8 Å². The fourth-order valence-corrected chi connectivity index (χ4v) is 4.41. The van der Waals surface area contributed by atoms with Crippen LogP contribution >= 0.6 is 0 Å². The lowest BCUT2D eigenvalue weighted by molar-refractivity contribution is -0.870. The summed E-state index contributed by atoms with van der Waals surface area (Å²) < 4.78 is 44.7. The highest BCUT2D eigenvalue weighted by atomic mass is 19.4. The molecule has 1 N–H and O–H groups in total. The van der Waals surface area contributed by atoms with Gasteiger partial charge in [-0.3, -0.25) is 4.57 Å². The van der Waals surface area contributed by atoms with Gasteiger partial charge in [-0.05, 0) is 55.5 Å². The van der Waals surface area contributed by atoms with Crippen LogP contribution in [0.5, 0.6) is 0 Å². The molecule has 0 unspecified atom stereocenters. The highest BCUT2D eigenvalue weighted by Gasteiger charge is 2.32. The predicted molar refractivity (Wildman–Crippen MR) is 143 cm³/mol. The minimum Gasteiger partial charge on any atom is -0.337 e. The third-order valence-corrected chi connectivity index (χ3v) is 6.33. The fraction of sp³-hybridized carbons (Fsp3) is 0.286. The van der Waals surface area contributed by atoms with Crippen LogP contribution in [0.4, 0.5) is 18.0 Å². The molecule has 208 valence electrons. The quantitative estimate of drug-likeness (QED) is 0.272. The monoisotopic (exact) mass is 552 g/mol. The Bertz CT molecular complexity index is 1630. The number of carbonyl (C=O) groups excluding carboxylic acids is 1. The minimum atomic E-state index is -4.62. The first-order valence-electron chi connectivity index (χ1n) is 12.5. The summed E-state index contributed by atoms with van der Waals surface area (Å²) in [5.41, 5.74) is 0.0318. The molecular weight excluding hydrogens is 523 g/mol. The van der Waals surface area contributed by atoms with Gasteiger partial charge in [-0.15, -0.1) is 0 Å². The zero-order chi connectivity index (χ0) is 29.2. The van der Waals surface area contributed by atoms with E-state index in [2.05, 4.69) is 10.4 Å². The summed E-state index contributed by atoms with van der Waals surface area (Å²) in [6.07, 6.45) is -2.48. The molecule has 0 saturated carbocycles. The zero-order valence-electron chi connectivity index (χ0n) is 22.5. The van der Waals surface area contributed by atoms with E-state index in [1.54, 1.807) is 37.3 Å². The molecule has 0 spiro atoms. The lowest BCUT2D eigenvalue weighted by atomic mass is 10.2. The molecule has 0 aliphatic heterocycles. The Morgan fingerprint density at radius 2 is 1.77 bits per heavy atom. The normalized spacial score (nSPS) is 11.8. The number of amides is 1. The van der Waals surface area contributed by atoms with Crippen LogP contribution < -0.4 is 11.0 Å². The predicted octanol–water partition coefficient (Wildman–Crippen LogP) is 4.34. The van der Waals surface area contributed by atoms with E-state index in [1.807, 2.05) is 27.2 Å². The van der Waals surface area contributed by atoms with Crippen molar-refractivity contribution < 1.29 is 22.4 Å². The van der Waals surface area contributed by atoms with Crippen molar-refractivity contribution in [2.45, 2.75) is 19.5 Å². The summed E-state index contributed by atoms with van der Waals surface area (Å²) in [7, 11) is 6.06. The van der Waals surface area contributed by atoms with Gasteiger partial charge < -0.3 is 9.80 Å².